The number of halogens is 2. The van der Waals surface area contributed by atoms with Crippen molar-refractivity contribution >= 4 is 44.8 Å². The van der Waals surface area contributed by atoms with E-state index < -0.39 is 15.9 Å². The van der Waals surface area contributed by atoms with E-state index >= 15 is 0 Å². The van der Waals surface area contributed by atoms with Crippen molar-refractivity contribution in [3.05, 3.63) is 63.6 Å². The van der Waals surface area contributed by atoms with E-state index in [9.17, 15) is 13.2 Å². The van der Waals surface area contributed by atoms with Crippen LogP contribution >= 0.6 is 23.2 Å². The molecule has 2 rings (SSSR count). The molecule has 0 aliphatic rings. The number of nitrogens with zero attached hydrogens (tertiary/aromatic N) is 1. The Morgan fingerprint density at radius 3 is 2.04 bits per heavy atom. The standard InChI is InChI=1S/C15H14Cl2N2O3S/c1-23(21,22)19(9-12-13(16)3-2-4-14(12)17)11-7-5-10(6-8-11)15(18)20/h2-8H,9H2,1H3,(H2,18,20). The van der Waals surface area contributed by atoms with Crippen LogP contribution < -0.4 is 10.0 Å². The molecular weight excluding hydrogens is 359 g/mol. The van der Waals surface area contributed by atoms with E-state index in [1.165, 1.54) is 24.3 Å². The molecule has 2 aromatic carbocycles. The van der Waals surface area contributed by atoms with Crippen LogP contribution in [0.15, 0.2) is 42.5 Å². The number of anilines is 1. The van der Waals surface area contributed by atoms with Gasteiger partial charge < -0.3 is 5.73 Å². The third kappa shape index (κ3) is 4.16. The molecule has 0 saturated carbocycles. The zero-order chi connectivity index (χ0) is 17.2. The summed E-state index contributed by atoms with van der Waals surface area (Å²) < 4.78 is 25.4. The molecule has 0 bridgehead atoms. The lowest BCUT2D eigenvalue weighted by atomic mass is 10.2. The van der Waals surface area contributed by atoms with Crippen molar-refractivity contribution in [3.8, 4) is 0 Å². The van der Waals surface area contributed by atoms with Gasteiger partial charge in [-0.1, -0.05) is 29.3 Å². The molecule has 0 aliphatic carbocycles. The highest BCUT2D eigenvalue weighted by atomic mass is 35.5. The third-order valence-corrected chi connectivity index (χ3v) is 5.05. The Morgan fingerprint density at radius 2 is 1.61 bits per heavy atom. The topological polar surface area (TPSA) is 80.5 Å². The van der Waals surface area contributed by atoms with Crippen molar-refractivity contribution in [2.75, 3.05) is 10.6 Å². The summed E-state index contributed by atoms with van der Waals surface area (Å²) in [6.45, 7) is -0.0206. The molecule has 0 heterocycles. The first-order chi connectivity index (χ1) is 10.7. The molecule has 1 amide bonds. The number of amides is 1. The van der Waals surface area contributed by atoms with E-state index in [1.807, 2.05) is 0 Å². The van der Waals surface area contributed by atoms with Crippen molar-refractivity contribution in [3.63, 3.8) is 0 Å². The smallest absolute Gasteiger partial charge is 0.248 e. The summed E-state index contributed by atoms with van der Waals surface area (Å²) in [6, 6.07) is 10.9. The summed E-state index contributed by atoms with van der Waals surface area (Å²) >= 11 is 12.2. The van der Waals surface area contributed by atoms with E-state index in [2.05, 4.69) is 0 Å². The van der Waals surface area contributed by atoms with Crippen molar-refractivity contribution in [1.29, 1.82) is 0 Å². The number of rotatable bonds is 5. The average molecular weight is 373 g/mol. The third-order valence-electron chi connectivity index (χ3n) is 3.20. The molecule has 8 heteroatoms. The summed E-state index contributed by atoms with van der Waals surface area (Å²) in [5.41, 5.74) is 6.36. The van der Waals surface area contributed by atoms with E-state index in [1.54, 1.807) is 18.2 Å². The second kappa shape index (κ2) is 6.78. The van der Waals surface area contributed by atoms with Gasteiger partial charge in [0.1, 0.15) is 0 Å². The SMILES string of the molecule is CS(=O)(=O)N(Cc1c(Cl)cccc1Cl)c1ccc(C(N)=O)cc1. The van der Waals surface area contributed by atoms with E-state index in [-0.39, 0.29) is 12.1 Å². The van der Waals surface area contributed by atoms with Gasteiger partial charge in [-0.2, -0.15) is 0 Å². The molecule has 0 atom stereocenters. The fourth-order valence-electron chi connectivity index (χ4n) is 2.02. The van der Waals surface area contributed by atoms with Crippen LogP contribution in [0.1, 0.15) is 15.9 Å². The Labute approximate surface area is 144 Å². The van der Waals surface area contributed by atoms with Gasteiger partial charge in [0.05, 0.1) is 18.5 Å². The molecule has 0 unspecified atom stereocenters. The first-order valence-electron chi connectivity index (χ1n) is 6.50. The number of benzene rings is 2. The van der Waals surface area contributed by atoms with Crippen molar-refractivity contribution in [2.24, 2.45) is 5.73 Å². The normalized spacial score (nSPS) is 11.3. The van der Waals surface area contributed by atoms with Gasteiger partial charge in [0.15, 0.2) is 0 Å². The Kier molecular flexibility index (Phi) is 5.19. The lowest BCUT2D eigenvalue weighted by Crippen LogP contribution is -2.29. The van der Waals surface area contributed by atoms with Gasteiger partial charge in [0.25, 0.3) is 0 Å². The Morgan fingerprint density at radius 1 is 1.09 bits per heavy atom. The number of primary amides is 1. The van der Waals surface area contributed by atoms with Crippen LogP contribution in [0.3, 0.4) is 0 Å². The molecule has 5 nitrogen and oxygen atoms in total. The highest BCUT2D eigenvalue weighted by Gasteiger charge is 2.20. The molecule has 122 valence electrons. The number of sulfonamides is 1. The zero-order valence-corrected chi connectivity index (χ0v) is 14.5. The molecular formula is C15H14Cl2N2O3S. The van der Waals surface area contributed by atoms with Gasteiger partial charge >= 0.3 is 0 Å². The molecule has 0 spiro atoms. The predicted molar refractivity (Wildman–Crippen MR) is 92.4 cm³/mol. The Balaban J connectivity index is 2.45. The summed E-state index contributed by atoms with van der Waals surface area (Å²) in [5, 5.41) is 0.750. The molecule has 2 N–H and O–H groups in total. The highest BCUT2D eigenvalue weighted by Crippen LogP contribution is 2.29. The summed E-state index contributed by atoms with van der Waals surface area (Å²) in [4.78, 5) is 11.1. The second-order valence-corrected chi connectivity index (χ2v) is 7.60. The highest BCUT2D eigenvalue weighted by molar-refractivity contribution is 7.92. The molecule has 0 fully saturated rings. The minimum absolute atomic E-state index is 0.0206. The molecule has 0 saturated heterocycles. The van der Waals surface area contributed by atoms with Gasteiger partial charge in [0.2, 0.25) is 15.9 Å². The van der Waals surface area contributed by atoms with Crippen molar-refractivity contribution in [1.82, 2.24) is 0 Å². The number of nitrogens with two attached hydrogens (primary N) is 1. The molecule has 0 aliphatic heterocycles. The van der Waals surface area contributed by atoms with Crippen LogP contribution in [-0.4, -0.2) is 20.6 Å². The van der Waals surface area contributed by atoms with Gasteiger partial charge in [-0.3, -0.25) is 9.10 Å². The summed E-state index contributed by atoms with van der Waals surface area (Å²) in [7, 11) is -3.58. The lowest BCUT2D eigenvalue weighted by Gasteiger charge is -2.23. The zero-order valence-electron chi connectivity index (χ0n) is 12.2. The first kappa shape index (κ1) is 17.6. The second-order valence-electron chi connectivity index (χ2n) is 4.88. The number of hydrogen-bond acceptors (Lipinski definition) is 3. The molecule has 0 aromatic heterocycles. The Hall–Kier alpha value is -1.76. The van der Waals surface area contributed by atoms with Crippen LogP contribution in [0.25, 0.3) is 0 Å². The number of hydrogen-bond donors (Lipinski definition) is 1. The fourth-order valence-corrected chi connectivity index (χ4v) is 3.40. The van der Waals surface area contributed by atoms with Crippen LogP contribution in [0.5, 0.6) is 0 Å². The van der Waals surface area contributed by atoms with Crippen molar-refractivity contribution in [2.45, 2.75) is 6.54 Å². The number of carbonyl (C=O) groups is 1. The van der Waals surface area contributed by atoms with Crippen LogP contribution in [0.4, 0.5) is 5.69 Å². The number of carbonyl (C=O) groups excluding carboxylic acids is 1. The largest absolute Gasteiger partial charge is 0.366 e. The van der Waals surface area contributed by atoms with Gasteiger partial charge in [0, 0.05) is 21.2 Å². The van der Waals surface area contributed by atoms with Crippen molar-refractivity contribution < 1.29 is 13.2 Å². The first-order valence-corrected chi connectivity index (χ1v) is 9.11. The minimum atomic E-state index is -3.58. The van der Waals surface area contributed by atoms with Gasteiger partial charge in [-0.25, -0.2) is 8.42 Å². The monoisotopic (exact) mass is 372 g/mol. The predicted octanol–water partition coefficient (Wildman–Crippen LogP) is 3.06. The average Bonchev–Trinajstić information content (AvgIpc) is 2.46. The van der Waals surface area contributed by atoms with Gasteiger partial charge in [-0.05, 0) is 36.4 Å². The quantitative estimate of drug-likeness (QED) is 0.875. The van der Waals surface area contributed by atoms with E-state index in [4.69, 9.17) is 28.9 Å². The van der Waals surface area contributed by atoms with Crippen LogP contribution in [-0.2, 0) is 16.6 Å². The Bertz CT molecular complexity index is 816. The maximum atomic E-state index is 12.1. The lowest BCUT2D eigenvalue weighted by molar-refractivity contribution is 0.100. The molecule has 2 aromatic rings. The summed E-state index contributed by atoms with van der Waals surface area (Å²) in [6.07, 6.45) is 1.08. The fraction of sp³-hybridized carbons (Fsp3) is 0.133. The maximum Gasteiger partial charge on any atom is 0.248 e. The maximum absolute atomic E-state index is 12.1. The van der Waals surface area contributed by atoms with Crippen LogP contribution in [0.2, 0.25) is 10.0 Å². The van der Waals surface area contributed by atoms with Gasteiger partial charge in [-0.15, -0.1) is 0 Å². The molecule has 23 heavy (non-hydrogen) atoms. The van der Waals surface area contributed by atoms with Crippen LogP contribution in [0, 0.1) is 0 Å². The van der Waals surface area contributed by atoms with E-state index in [0.717, 1.165) is 10.6 Å². The minimum Gasteiger partial charge on any atom is -0.366 e. The van der Waals surface area contributed by atoms with E-state index in [0.29, 0.717) is 21.3 Å². The molecule has 0 radical (unpaired) electrons. The summed E-state index contributed by atoms with van der Waals surface area (Å²) in [5.74, 6) is -0.586.